The molecule has 0 bridgehead atoms. The van der Waals surface area contributed by atoms with E-state index in [1.54, 1.807) is 6.92 Å². The summed E-state index contributed by atoms with van der Waals surface area (Å²) in [6, 6.07) is 0. The summed E-state index contributed by atoms with van der Waals surface area (Å²) in [5, 5.41) is -0.157. The van der Waals surface area contributed by atoms with Crippen LogP contribution >= 0.6 is 27.5 Å². The van der Waals surface area contributed by atoms with Gasteiger partial charge < -0.3 is 4.74 Å². The number of pyridine rings is 1. The first-order chi connectivity index (χ1) is 7.97. The fourth-order valence-electron chi connectivity index (χ4n) is 1.20. The van der Waals surface area contributed by atoms with Crippen LogP contribution in [0.5, 0.6) is 0 Å². The number of aromatic nitrogens is 1. The molecule has 0 saturated carbocycles. The second-order valence-electron chi connectivity index (χ2n) is 3.08. The van der Waals surface area contributed by atoms with Crippen molar-refractivity contribution < 1.29 is 18.3 Å². The molecule has 0 saturated heterocycles. The number of nitrogens with zero attached hydrogens (tertiary/aromatic N) is 1. The molecule has 1 rings (SSSR count). The van der Waals surface area contributed by atoms with Crippen LogP contribution in [-0.4, -0.2) is 17.6 Å². The minimum absolute atomic E-state index is 0.0230. The standard InChI is InChI=1S/C10H9BrClF2NO2/c1-2-17-6(16)3-5-4-15-9(11)7(8(5)12)10(13)14/h4,10H,2-3H2,1H3. The maximum Gasteiger partial charge on any atom is 0.310 e. The molecular formula is C10H9BrClF2NO2. The minimum Gasteiger partial charge on any atom is -0.466 e. The zero-order chi connectivity index (χ0) is 13.0. The highest BCUT2D eigenvalue weighted by molar-refractivity contribution is 9.10. The Labute approximate surface area is 110 Å². The lowest BCUT2D eigenvalue weighted by Crippen LogP contribution is -2.09. The van der Waals surface area contributed by atoms with Gasteiger partial charge in [-0.3, -0.25) is 4.79 Å². The van der Waals surface area contributed by atoms with Gasteiger partial charge in [-0.1, -0.05) is 11.6 Å². The smallest absolute Gasteiger partial charge is 0.310 e. The summed E-state index contributed by atoms with van der Waals surface area (Å²) >= 11 is 8.68. The number of alkyl halides is 2. The molecule has 1 heterocycles. The summed E-state index contributed by atoms with van der Waals surface area (Å²) in [5.74, 6) is -0.529. The Morgan fingerprint density at radius 2 is 2.29 bits per heavy atom. The summed E-state index contributed by atoms with van der Waals surface area (Å²) in [6.07, 6.45) is -1.66. The first-order valence-electron chi connectivity index (χ1n) is 4.73. The van der Waals surface area contributed by atoms with Crippen LogP contribution in [0, 0.1) is 0 Å². The Morgan fingerprint density at radius 1 is 1.65 bits per heavy atom. The van der Waals surface area contributed by atoms with E-state index in [0.717, 1.165) is 0 Å². The lowest BCUT2D eigenvalue weighted by molar-refractivity contribution is -0.142. The molecule has 1 aromatic rings. The van der Waals surface area contributed by atoms with Gasteiger partial charge in [-0.25, -0.2) is 13.8 Å². The van der Waals surface area contributed by atoms with E-state index in [0.29, 0.717) is 0 Å². The van der Waals surface area contributed by atoms with Gasteiger partial charge in [0.2, 0.25) is 0 Å². The number of halogens is 4. The second-order valence-corrected chi connectivity index (χ2v) is 4.21. The molecule has 0 aromatic carbocycles. The van der Waals surface area contributed by atoms with Gasteiger partial charge in [0.15, 0.2) is 0 Å². The van der Waals surface area contributed by atoms with Crippen molar-refractivity contribution in [2.75, 3.05) is 6.61 Å². The molecular weight excluding hydrogens is 319 g/mol. The van der Waals surface area contributed by atoms with E-state index in [1.165, 1.54) is 6.20 Å². The molecule has 0 spiro atoms. The SMILES string of the molecule is CCOC(=O)Cc1cnc(Br)c(C(F)F)c1Cl. The average Bonchev–Trinajstić information content (AvgIpc) is 2.22. The molecule has 0 amide bonds. The highest BCUT2D eigenvalue weighted by atomic mass is 79.9. The lowest BCUT2D eigenvalue weighted by Gasteiger charge is -2.09. The molecule has 0 N–H and O–H groups in total. The van der Waals surface area contributed by atoms with Crippen molar-refractivity contribution in [2.45, 2.75) is 19.8 Å². The van der Waals surface area contributed by atoms with Gasteiger partial charge in [-0.15, -0.1) is 0 Å². The van der Waals surface area contributed by atoms with Crippen LogP contribution in [0.1, 0.15) is 24.5 Å². The van der Waals surface area contributed by atoms with Crippen molar-refractivity contribution in [3.05, 3.63) is 26.9 Å². The number of carbonyl (C=O) groups excluding carboxylic acids is 1. The number of esters is 1. The highest BCUT2D eigenvalue weighted by Crippen LogP contribution is 2.34. The molecule has 94 valence electrons. The Kier molecular flexibility index (Phi) is 5.27. The van der Waals surface area contributed by atoms with Crippen LogP contribution in [0.15, 0.2) is 10.8 Å². The van der Waals surface area contributed by atoms with Crippen molar-refractivity contribution in [3.8, 4) is 0 Å². The number of ether oxygens (including phenoxy) is 1. The molecule has 0 aliphatic rings. The summed E-state index contributed by atoms with van der Waals surface area (Å²) < 4.78 is 30.1. The minimum atomic E-state index is -2.76. The van der Waals surface area contributed by atoms with Crippen molar-refractivity contribution >= 4 is 33.5 Å². The monoisotopic (exact) mass is 327 g/mol. The number of carbonyl (C=O) groups is 1. The first kappa shape index (κ1) is 14.3. The summed E-state index contributed by atoms with van der Waals surface area (Å²) in [5.41, 5.74) is -0.183. The molecule has 0 aliphatic heterocycles. The third kappa shape index (κ3) is 3.61. The maximum atomic E-state index is 12.7. The Bertz CT molecular complexity index is 429. The molecule has 0 unspecified atom stereocenters. The quantitative estimate of drug-likeness (QED) is 0.627. The zero-order valence-electron chi connectivity index (χ0n) is 8.84. The normalized spacial score (nSPS) is 10.7. The van der Waals surface area contributed by atoms with Gasteiger partial charge >= 0.3 is 5.97 Å². The van der Waals surface area contributed by atoms with Crippen molar-refractivity contribution in [1.29, 1.82) is 0 Å². The van der Waals surface area contributed by atoms with Gasteiger partial charge in [0.05, 0.1) is 23.6 Å². The topological polar surface area (TPSA) is 39.2 Å². The molecule has 0 aliphatic carbocycles. The molecule has 17 heavy (non-hydrogen) atoms. The van der Waals surface area contributed by atoms with Crippen molar-refractivity contribution in [1.82, 2.24) is 4.98 Å². The van der Waals surface area contributed by atoms with E-state index in [1.807, 2.05) is 0 Å². The number of hydrogen-bond acceptors (Lipinski definition) is 3. The van der Waals surface area contributed by atoms with Crippen LogP contribution in [0.25, 0.3) is 0 Å². The lowest BCUT2D eigenvalue weighted by atomic mass is 10.1. The van der Waals surface area contributed by atoms with Gasteiger partial charge in [-0.2, -0.15) is 0 Å². The van der Waals surface area contributed by atoms with Gasteiger partial charge in [0, 0.05) is 11.8 Å². The fraction of sp³-hybridized carbons (Fsp3) is 0.400. The van der Waals surface area contributed by atoms with Crippen LogP contribution < -0.4 is 0 Å². The predicted molar refractivity (Wildman–Crippen MR) is 62.2 cm³/mol. The Hall–Kier alpha value is -0.750. The Morgan fingerprint density at radius 3 is 2.82 bits per heavy atom. The Balaban J connectivity index is 3.02. The van der Waals surface area contributed by atoms with E-state index in [2.05, 4.69) is 20.9 Å². The van der Waals surface area contributed by atoms with Gasteiger partial charge in [0.1, 0.15) is 4.60 Å². The van der Waals surface area contributed by atoms with E-state index in [4.69, 9.17) is 16.3 Å². The van der Waals surface area contributed by atoms with E-state index >= 15 is 0 Å². The average molecular weight is 329 g/mol. The second kappa shape index (κ2) is 6.26. The van der Waals surface area contributed by atoms with Crippen LogP contribution in [-0.2, 0) is 16.0 Å². The van der Waals surface area contributed by atoms with Crippen LogP contribution in [0.2, 0.25) is 5.02 Å². The van der Waals surface area contributed by atoms with Gasteiger partial charge in [0.25, 0.3) is 6.43 Å². The van der Waals surface area contributed by atoms with Crippen LogP contribution in [0.4, 0.5) is 8.78 Å². The highest BCUT2D eigenvalue weighted by Gasteiger charge is 2.21. The molecule has 0 radical (unpaired) electrons. The van der Waals surface area contributed by atoms with Gasteiger partial charge in [-0.05, 0) is 22.9 Å². The zero-order valence-corrected chi connectivity index (χ0v) is 11.2. The molecule has 0 atom stereocenters. The third-order valence-electron chi connectivity index (χ3n) is 1.93. The molecule has 7 heteroatoms. The fourth-order valence-corrected chi connectivity index (χ4v) is 2.08. The predicted octanol–water partition coefficient (Wildman–Crippen LogP) is 3.54. The number of hydrogen-bond donors (Lipinski definition) is 0. The van der Waals surface area contributed by atoms with E-state index < -0.39 is 18.0 Å². The van der Waals surface area contributed by atoms with Crippen LogP contribution in [0.3, 0.4) is 0 Å². The summed E-state index contributed by atoms with van der Waals surface area (Å²) in [4.78, 5) is 14.9. The van der Waals surface area contributed by atoms with Crippen molar-refractivity contribution in [2.24, 2.45) is 0 Å². The van der Waals surface area contributed by atoms with E-state index in [9.17, 15) is 13.6 Å². The molecule has 0 fully saturated rings. The summed E-state index contributed by atoms with van der Waals surface area (Å²) in [7, 11) is 0. The van der Waals surface area contributed by atoms with E-state index in [-0.39, 0.29) is 28.2 Å². The first-order valence-corrected chi connectivity index (χ1v) is 5.91. The molecule has 3 nitrogen and oxygen atoms in total. The number of rotatable bonds is 4. The molecule has 1 aromatic heterocycles. The summed E-state index contributed by atoms with van der Waals surface area (Å²) in [6.45, 7) is 1.88. The largest absolute Gasteiger partial charge is 0.466 e. The van der Waals surface area contributed by atoms with Crippen molar-refractivity contribution in [3.63, 3.8) is 0 Å². The maximum absolute atomic E-state index is 12.7. The third-order valence-corrected chi connectivity index (χ3v) is 3.01.